The Bertz CT molecular complexity index is 426. The van der Waals surface area contributed by atoms with Gasteiger partial charge in [-0.15, -0.1) is 0 Å². The molecule has 0 spiro atoms. The largest absolute Gasteiger partial charge is 0.540 e. The van der Waals surface area contributed by atoms with Gasteiger partial charge in [0.05, 0.1) is 11.0 Å². The fourth-order valence-corrected chi connectivity index (χ4v) is 2.19. The monoisotopic (exact) mass is 255 g/mol. The molecule has 0 fully saturated rings. The number of aliphatic hydroxyl groups is 1. The SMILES string of the molecule is C[C@@H](O)c1ccc(O[Si](C)(C)C)c([N+](=O)[O-])c1. The third-order valence-electron chi connectivity index (χ3n) is 2.08. The summed E-state index contributed by atoms with van der Waals surface area (Å²) < 4.78 is 5.64. The maximum Gasteiger partial charge on any atom is 0.309 e. The van der Waals surface area contributed by atoms with Crippen molar-refractivity contribution in [1.82, 2.24) is 0 Å². The van der Waals surface area contributed by atoms with Crippen LogP contribution in [0.4, 0.5) is 5.69 Å². The Hall–Kier alpha value is -1.40. The normalized spacial score (nSPS) is 13.2. The van der Waals surface area contributed by atoms with Gasteiger partial charge in [-0.2, -0.15) is 0 Å². The zero-order valence-corrected chi connectivity index (χ0v) is 11.4. The van der Waals surface area contributed by atoms with Gasteiger partial charge in [-0.1, -0.05) is 6.07 Å². The fourth-order valence-electron chi connectivity index (χ4n) is 1.35. The first-order valence-corrected chi connectivity index (χ1v) is 8.77. The summed E-state index contributed by atoms with van der Waals surface area (Å²) in [6, 6.07) is 4.56. The highest BCUT2D eigenvalue weighted by atomic mass is 28.4. The number of nitrogens with zero attached hydrogens (tertiary/aromatic N) is 1. The van der Waals surface area contributed by atoms with Gasteiger partial charge in [0.1, 0.15) is 0 Å². The highest BCUT2D eigenvalue weighted by Crippen LogP contribution is 2.31. The molecule has 1 N–H and O–H groups in total. The van der Waals surface area contributed by atoms with Crippen LogP contribution in [0.3, 0.4) is 0 Å². The molecule has 1 aromatic carbocycles. The molecule has 0 bridgehead atoms. The second-order valence-corrected chi connectivity index (χ2v) is 9.30. The van der Waals surface area contributed by atoms with Gasteiger partial charge in [0.2, 0.25) is 8.32 Å². The van der Waals surface area contributed by atoms with Crippen molar-refractivity contribution >= 4 is 14.0 Å². The maximum atomic E-state index is 10.9. The second-order valence-electron chi connectivity index (χ2n) is 4.87. The highest BCUT2D eigenvalue weighted by molar-refractivity contribution is 6.70. The smallest absolute Gasteiger partial charge is 0.309 e. The predicted octanol–water partition coefficient (Wildman–Crippen LogP) is 2.86. The third-order valence-corrected chi connectivity index (χ3v) is 2.91. The molecule has 0 amide bonds. The van der Waals surface area contributed by atoms with Gasteiger partial charge in [-0.05, 0) is 38.2 Å². The Labute approximate surface area is 101 Å². The fraction of sp³-hybridized carbons (Fsp3) is 0.455. The average molecular weight is 255 g/mol. The van der Waals surface area contributed by atoms with E-state index < -0.39 is 19.3 Å². The van der Waals surface area contributed by atoms with Crippen molar-refractivity contribution < 1.29 is 14.5 Å². The van der Waals surface area contributed by atoms with Crippen LogP contribution < -0.4 is 4.43 Å². The Balaban J connectivity index is 3.18. The lowest BCUT2D eigenvalue weighted by molar-refractivity contribution is -0.385. The molecule has 1 atom stereocenters. The molecule has 0 saturated carbocycles. The van der Waals surface area contributed by atoms with Gasteiger partial charge < -0.3 is 9.53 Å². The minimum absolute atomic E-state index is 0.0918. The van der Waals surface area contributed by atoms with Crippen molar-refractivity contribution in [1.29, 1.82) is 0 Å². The van der Waals surface area contributed by atoms with E-state index in [1.165, 1.54) is 6.07 Å². The number of benzene rings is 1. The van der Waals surface area contributed by atoms with Crippen LogP contribution in [-0.4, -0.2) is 18.3 Å². The lowest BCUT2D eigenvalue weighted by Crippen LogP contribution is -2.29. The first-order valence-electron chi connectivity index (χ1n) is 5.36. The summed E-state index contributed by atoms with van der Waals surface area (Å²) >= 11 is 0. The Morgan fingerprint density at radius 3 is 2.41 bits per heavy atom. The van der Waals surface area contributed by atoms with Crippen LogP contribution in [0.2, 0.25) is 19.6 Å². The quantitative estimate of drug-likeness (QED) is 0.510. The molecule has 0 unspecified atom stereocenters. The molecule has 0 aromatic heterocycles. The van der Waals surface area contributed by atoms with Crippen LogP contribution in [0.25, 0.3) is 0 Å². The second kappa shape index (κ2) is 4.85. The van der Waals surface area contributed by atoms with Crippen LogP contribution in [0.1, 0.15) is 18.6 Å². The van der Waals surface area contributed by atoms with Gasteiger partial charge in [-0.25, -0.2) is 0 Å². The lowest BCUT2D eigenvalue weighted by Gasteiger charge is -2.19. The summed E-state index contributed by atoms with van der Waals surface area (Å²) in [5.74, 6) is 0.276. The van der Waals surface area contributed by atoms with Crippen molar-refractivity contribution in [2.75, 3.05) is 0 Å². The third kappa shape index (κ3) is 3.83. The number of aliphatic hydroxyl groups excluding tert-OH is 1. The number of rotatable bonds is 4. The number of nitro benzene ring substituents is 1. The van der Waals surface area contributed by atoms with E-state index in [1.54, 1.807) is 19.1 Å². The van der Waals surface area contributed by atoms with Crippen LogP contribution in [0.5, 0.6) is 5.75 Å². The van der Waals surface area contributed by atoms with Gasteiger partial charge >= 0.3 is 5.69 Å². The Morgan fingerprint density at radius 1 is 1.41 bits per heavy atom. The van der Waals surface area contributed by atoms with Crippen molar-refractivity contribution in [3.05, 3.63) is 33.9 Å². The molecule has 0 saturated heterocycles. The first-order chi connectivity index (χ1) is 7.70. The van der Waals surface area contributed by atoms with Gasteiger partial charge in [-0.3, -0.25) is 10.1 Å². The first kappa shape index (κ1) is 13.7. The highest BCUT2D eigenvalue weighted by Gasteiger charge is 2.23. The summed E-state index contributed by atoms with van der Waals surface area (Å²) in [4.78, 5) is 10.5. The molecule has 0 aliphatic carbocycles. The van der Waals surface area contributed by atoms with Crippen LogP contribution in [-0.2, 0) is 0 Å². The molecular formula is C11H17NO4Si. The van der Waals surface area contributed by atoms with E-state index in [4.69, 9.17) is 4.43 Å². The summed E-state index contributed by atoms with van der Waals surface area (Å²) in [7, 11) is -1.89. The standard InChI is InChI=1S/C11H17NO4Si/c1-8(13)9-5-6-11(16-17(2,3)4)10(7-9)12(14)15/h5-8,13H,1-4H3/t8-/m1/s1. The van der Waals surface area contributed by atoms with E-state index >= 15 is 0 Å². The van der Waals surface area contributed by atoms with Crippen molar-refractivity contribution in [2.45, 2.75) is 32.7 Å². The van der Waals surface area contributed by atoms with Crippen LogP contribution >= 0.6 is 0 Å². The summed E-state index contributed by atoms with van der Waals surface area (Å²) in [6.07, 6.45) is -0.727. The van der Waals surface area contributed by atoms with Crippen LogP contribution in [0, 0.1) is 10.1 Å². The summed E-state index contributed by atoms with van der Waals surface area (Å²) in [5.41, 5.74) is 0.422. The minimum Gasteiger partial charge on any atom is -0.540 e. The van der Waals surface area contributed by atoms with E-state index in [1.807, 2.05) is 19.6 Å². The summed E-state index contributed by atoms with van der Waals surface area (Å²) in [6.45, 7) is 7.44. The van der Waals surface area contributed by atoms with Gasteiger partial charge in [0.25, 0.3) is 0 Å². The topological polar surface area (TPSA) is 72.6 Å². The number of nitro groups is 1. The van der Waals surface area contributed by atoms with Crippen molar-refractivity contribution in [3.63, 3.8) is 0 Å². The van der Waals surface area contributed by atoms with E-state index in [0.717, 1.165) is 0 Å². The van der Waals surface area contributed by atoms with Gasteiger partial charge in [0, 0.05) is 6.07 Å². The molecule has 17 heavy (non-hydrogen) atoms. The minimum atomic E-state index is -1.89. The lowest BCUT2D eigenvalue weighted by atomic mass is 10.1. The summed E-state index contributed by atoms with van der Waals surface area (Å²) in [5, 5.41) is 20.3. The van der Waals surface area contributed by atoms with E-state index in [9.17, 15) is 15.2 Å². The molecule has 6 heteroatoms. The van der Waals surface area contributed by atoms with E-state index in [2.05, 4.69) is 0 Å². The molecule has 1 rings (SSSR count). The van der Waals surface area contributed by atoms with Gasteiger partial charge in [0.15, 0.2) is 5.75 Å². The Kier molecular flexibility index (Phi) is 3.89. The van der Waals surface area contributed by atoms with Crippen molar-refractivity contribution in [2.24, 2.45) is 0 Å². The van der Waals surface area contributed by atoms with Crippen LogP contribution in [0.15, 0.2) is 18.2 Å². The molecule has 0 aliphatic heterocycles. The van der Waals surface area contributed by atoms with E-state index in [0.29, 0.717) is 5.56 Å². The molecule has 5 nitrogen and oxygen atoms in total. The molecule has 0 radical (unpaired) electrons. The molecule has 1 aromatic rings. The zero-order chi connectivity index (χ0) is 13.2. The molecule has 0 heterocycles. The molecule has 0 aliphatic rings. The maximum absolute atomic E-state index is 10.9. The number of hydrogen-bond donors (Lipinski definition) is 1. The Morgan fingerprint density at radius 2 is 2.00 bits per heavy atom. The average Bonchev–Trinajstić information content (AvgIpc) is 2.14. The number of hydrogen-bond acceptors (Lipinski definition) is 4. The molecule has 94 valence electrons. The van der Waals surface area contributed by atoms with Crippen molar-refractivity contribution in [3.8, 4) is 5.75 Å². The molecular weight excluding hydrogens is 238 g/mol. The zero-order valence-electron chi connectivity index (χ0n) is 10.4. The van der Waals surface area contributed by atoms with E-state index in [-0.39, 0.29) is 11.4 Å². The predicted molar refractivity (Wildman–Crippen MR) is 67.7 cm³/mol.